The van der Waals surface area contributed by atoms with Crippen LogP contribution in [0.3, 0.4) is 0 Å². The second kappa shape index (κ2) is 13.6. The van der Waals surface area contributed by atoms with E-state index < -0.39 is 34.1 Å². The molecule has 0 aliphatic carbocycles. The van der Waals surface area contributed by atoms with Gasteiger partial charge in [0.05, 0.1) is 24.9 Å². The summed E-state index contributed by atoms with van der Waals surface area (Å²) < 4.78 is 21.9. The molecule has 4 aromatic rings. The maximum Gasteiger partial charge on any atom is 0.333 e. The van der Waals surface area contributed by atoms with E-state index in [2.05, 4.69) is 15.5 Å². The van der Waals surface area contributed by atoms with Crippen molar-refractivity contribution in [3.63, 3.8) is 0 Å². The molecule has 0 aliphatic heterocycles. The highest BCUT2D eigenvalue weighted by atomic mass is 32.1. The molecule has 0 spiro atoms. The summed E-state index contributed by atoms with van der Waals surface area (Å²) in [5.41, 5.74) is -2.15. The molecule has 0 aliphatic rings. The molecule has 0 bridgehead atoms. The third-order valence-electron chi connectivity index (χ3n) is 6.55. The molecule has 1 aromatic carbocycles. The topological polar surface area (TPSA) is 153 Å². The van der Waals surface area contributed by atoms with E-state index in [1.807, 2.05) is 20.8 Å². The smallest absolute Gasteiger partial charge is 0.333 e. The first-order valence-electron chi connectivity index (χ1n) is 13.7. The second-order valence-electron chi connectivity index (χ2n) is 11.4. The van der Waals surface area contributed by atoms with Crippen molar-refractivity contribution in [3.8, 4) is 10.8 Å². The zero-order valence-electron chi connectivity index (χ0n) is 25.5. The molecule has 0 radical (unpaired) electrons. The van der Waals surface area contributed by atoms with Gasteiger partial charge in [-0.25, -0.2) is 13.8 Å². The van der Waals surface area contributed by atoms with Crippen LogP contribution in [0.4, 0.5) is 4.39 Å². The summed E-state index contributed by atoms with van der Waals surface area (Å²) >= 11 is 1.20. The van der Waals surface area contributed by atoms with E-state index in [0.717, 1.165) is 4.57 Å². The number of carbonyl (C=O) groups excluding carboxylic acids is 1. The van der Waals surface area contributed by atoms with Crippen molar-refractivity contribution in [2.75, 3.05) is 20.3 Å². The van der Waals surface area contributed by atoms with E-state index in [0.29, 0.717) is 38.5 Å². The average Bonchev–Trinajstić information content (AvgIpc) is 3.57. The lowest BCUT2D eigenvalue weighted by molar-refractivity contribution is -0.130. The zero-order valence-corrected chi connectivity index (χ0v) is 26.3. The lowest BCUT2D eigenvalue weighted by atomic mass is 10.0. The summed E-state index contributed by atoms with van der Waals surface area (Å²) in [5, 5.41) is 27.9. The van der Waals surface area contributed by atoms with E-state index >= 15 is 0 Å². The first-order chi connectivity index (χ1) is 20.2. The average molecular weight is 619 g/mol. The monoisotopic (exact) mass is 618 g/mol. The first-order valence-corrected chi connectivity index (χ1v) is 14.5. The number of aryl methyl sites for hydroxylation is 3. The van der Waals surface area contributed by atoms with E-state index in [4.69, 9.17) is 14.9 Å². The zero-order chi connectivity index (χ0) is 32.1. The van der Waals surface area contributed by atoms with Gasteiger partial charge >= 0.3 is 5.69 Å². The first kappa shape index (κ1) is 33.6. The van der Waals surface area contributed by atoms with Gasteiger partial charge in [0.15, 0.2) is 0 Å². The molecule has 0 saturated heterocycles. The quantitative estimate of drug-likeness (QED) is 0.259. The van der Waals surface area contributed by atoms with Crippen LogP contribution in [0.1, 0.15) is 52.2 Å². The molecular formula is C29H39FN6O6S. The highest BCUT2D eigenvalue weighted by molar-refractivity contribution is 7.21. The van der Waals surface area contributed by atoms with Crippen molar-refractivity contribution in [2.24, 2.45) is 0 Å². The number of rotatable bonds is 9. The number of fused-ring (bicyclic) bond motifs is 1. The number of nitrogens with one attached hydrogen (secondary N) is 1. The Hall–Kier alpha value is -3.88. The number of carbonyl (C=O) groups is 1. The number of thiophene rings is 1. The fourth-order valence-electron chi connectivity index (χ4n) is 4.38. The number of aromatic nitrogens is 5. The number of hydrogen-bond donors (Lipinski definition) is 3. The van der Waals surface area contributed by atoms with Gasteiger partial charge < -0.3 is 20.3 Å². The highest BCUT2D eigenvalue weighted by Gasteiger charge is 2.37. The summed E-state index contributed by atoms with van der Waals surface area (Å²) in [6.07, 6.45) is 3.78. The third kappa shape index (κ3) is 7.37. The molecule has 0 fully saturated rings. The Morgan fingerprint density at radius 3 is 2.26 bits per heavy atom. The molecule has 234 valence electrons. The molecule has 12 nitrogen and oxygen atoms in total. The molecule has 3 aromatic heterocycles. The maximum absolute atomic E-state index is 14.0. The van der Waals surface area contributed by atoms with E-state index in [-0.39, 0.29) is 26.2 Å². The molecule has 43 heavy (non-hydrogen) atoms. The lowest BCUT2D eigenvalue weighted by Crippen LogP contribution is -2.58. The van der Waals surface area contributed by atoms with E-state index in [1.165, 1.54) is 58.4 Å². The maximum atomic E-state index is 14.0. The molecule has 1 amide bonds. The minimum atomic E-state index is -1.51. The van der Waals surface area contributed by atoms with Gasteiger partial charge in [-0.1, -0.05) is 11.3 Å². The van der Waals surface area contributed by atoms with E-state index in [1.54, 1.807) is 20.8 Å². The number of benzene rings is 1. The second-order valence-corrected chi connectivity index (χ2v) is 12.4. The fourth-order valence-corrected chi connectivity index (χ4v) is 5.61. The molecule has 14 heteroatoms. The summed E-state index contributed by atoms with van der Waals surface area (Å²) in [4.78, 5) is 43.0. The van der Waals surface area contributed by atoms with Gasteiger partial charge in [0, 0.05) is 30.9 Å². The Morgan fingerprint density at radius 2 is 1.72 bits per heavy atom. The molecule has 0 saturated carbocycles. The van der Waals surface area contributed by atoms with Crippen LogP contribution in [0.5, 0.6) is 5.75 Å². The SMILES string of the molecule is COc1ccc(F)cc1CCn1c(=O)n(C(C)(C)C(=O)NC(C)(C)C)c(=O)c2c(C)c(-n3nccn3)sc21.OCCCO. The minimum absolute atomic E-state index is 0.0938. The summed E-state index contributed by atoms with van der Waals surface area (Å²) in [7, 11) is 1.49. The van der Waals surface area contributed by atoms with Crippen LogP contribution in [0.15, 0.2) is 40.2 Å². The van der Waals surface area contributed by atoms with Crippen LogP contribution in [0, 0.1) is 12.7 Å². The number of halogens is 1. The van der Waals surface area contributed by atoms with Gasteiger partial charge in [0.1, 0.15) is 26.9 Å². The van der Waals surface area contributed by atoms with E-state index in [9.17, 15) is 18.8 Å². The van der Waals surface area contributed by atoms with Crippen molar-refractivity contribution in [1.82, 2.24) is 29.4 Å². The van der Waals surface area contributed by atoms with Gasteiger partial charge in [-0.3, -0.25) is 14.2 Å². The highest BCUT2D eigenvalue weighted by Crippen LogP contribution is 2.31. The number of ether oxygens (including phenoxy) is 1. The summed E-state index contributed by atoms with van der Waals surface area (Å²) in [6, 6.07) is 4.19. The van der Waals surface area contributed by atoms with Crippen LogP contribution in [-0.4, -0.2) is 66.1 Å². The predicted molar refractivity (Wildman–Crippen MR) is 163 cm³/mol. The number of amides is 1. The standard InChI is InChI=1S/C26H31FN6O4S.C3H8O2/c1-15-19-20(34)32(26(5,6)23(35)30-25(2,3)4)24(36)31(22(19)38-21(15)33-28-11-12-29-33)13-10-16-14-17(27)8-9-18(16)37-7;4-2-1-3-5/h8-9,11-12,14H,10,13H2,1-7H3,(H,30,35);4-5H,1-3H2. The largest absolute Gasteiger partial charge is 0.496 e. The van der Waals surface area contributed by atoms with Crippen LogP contribution in [-0.2, 0) is 23.3 Å². The Labute approximate surface area is 252 Å². The molecule has 3 heterocycles. The number of aliphatic hydroxyl groups is 2. The van der Waals surface area contributed by atoms with Crippen molar-refractivity contribution < 1.29 is 24.1 Å². The summed E-state index contributed by atoms with van der Waals surface area (Å²) in [5.74, 6) is -0.413. The van der Waals surface area contributed by atoms with Gasteiger partial charge in [0.25, 0.3) is 5.56 Å². The third-order valence-corrected chi connectivity index (χ3v) is 7.84. The minimum Gasteiger partial charge on any atom is -0.496 e. The van der Waals surface area contributed by atoms with Gasteiger partial charge in [-0.2, -0.15) is 10.2 Å². The lowest BCUT2D eigenvalue weighted by Gasteiger charge is -2.31. The van der Waals surface area contributed by atoms with Gasteiger partial charge in [0.2, 0.25) is 5.91 Å². The number of nitrogens with zero attached hydrogens (tertiary/aromatic N) is 5. The van der Waals surface area contributed by atoms with Crippen LogP contribution >= 0.6 is 11.3 Å². The Balaban J connectivity index is 0.000000934. The Morgan fingerprint density at radius 1 is 1.09 bits per heavy atom. The van der Waals surface area contributed by atoms with Crippen LogP contribution in [0.25, 0.3) is 15.2 Å². The van der Waals surface area contributed by atoms with Crippen LogP contribution < -0.4 is 21.3 Å². The molecule has 0 atom stereocenters. The molecular weight excluding hydrogens is 579 g/mol. The molecule has 0 unspecified atom stereocenters. The van der Waals surface area contributed by atoms with Crippen molar-refractivity contribution in [1.29, 1.82) is 0 Å². The molecule has 4 rings (SSSR count). The normalized spacial score (nSPS) is 11.8. The van der Waals surface area contributed by atoms with Gasteiger partial charge in [-0.05, 0) is 78.1 Å². The number of hydrogen-bond acceptors (Lipinski definition) is 9. The molecule has 3 N–H and O–H groups in total. The number of methoxy groups -OCH3 is 1. The number of aliphatic hydroxyl groups excluding tert-OH is 2. The predicted octanol–water partition coefficient (Wildman–Crippen LogP) is 2.52. The van der Waals surface area contributed by atoms with Gasteiger partial charge in [-0.15, -0.1) is 4.80 Å². The Bertz CT molecular complexity index is 1680. The van der Waals surface area contributed by atoms with Crippen LogP contribution in [0.2, 0.25) is 0 Å². The summed E-state index contributed by atoms with van der Waals surface area (Å²) in [6.45, 7) is 10.6. The fraction of sp³-hybridized carbons (Fsp3) is 0.483. The van der Waals surface area contributed by atoms with Crippen molar-refractivity contribution in [2.45, 2.75) is 72.0 Å². The Kier molecular flexibility index (Phi) is 10.6. The van der Waals surface area contributed by atoms with Crippen molar-refractivity contribution >= 4 is 27.5 Å². The van der Waals surface area contributed by atoms with Crippen molar-refractivity contribution in [3.05, 3.63) is 68.4 Å².